The summed E-state index contributed by atoms with van der Waals surface area (Å²) in [6, 6.07) is 10.5. The van der Waals surface area contributed by atoms with Crippen LogP contribution in [-0.4, -0.2) is 26.5 Å². The van der Waals surface area contributed by atoms with E-state index in [1.165, 1.54) is 16.0 Å². The number of anilines is 1. The minimum atomic E-state index is 0.606. The third kappa shape index (κ3) is 3.28. The molecule has 0 saturated carbocycles. The molecule has 1 N–H and O–H groups in total. The summed E-state index contributed by atoms with van der Waals surface area (Å²) in [6.45, 7) is 5.06. The molecule has 6 heteroatoms. The van der Waals surface area contributed by atoms with Crippen molar-refractivity contribution in [3.63, 3.8) is 0 Å². The van der Waals surface area contributed by atoms with Crippen molar-refractivity contribution in [1.82, 2.24) is 19.9 Å². The normalized spacial score (nSPS) is 11.0. The van der Waals surface area contributed by atoms with Gasteiger partial charge in [0, 0.05) is 23.8 Å². The van der Waals surface area contributed by atoms with E-state index in [2.05, 4.69) is 53.4 Å². The van der Waals surface area contributed by atoms with Crippen LogP contribution in [0.1, 0.15) is 16.0 Å². The maximum atomic E-state index is 4.76. The van der Waals surface area contributed by atoms with Crippen LogP contribution in [0.3, 0.4) is 0 Å². The Morgan fingerprint density at radius 1 is 1.04 bits per heavy atom. The van der Waals surface area contributed by atoms with Crippen molar-refractivity contribution < 1.29 is 0 Å². The maximum absolute atomic E-state index is 4.76. The lowest BCUT2D eigenvalue weighted by Gasteiger charge is -2.09. The Labute approximate surface area is 156 Å². The zero-order chi connectivity index (χ0) is 17.9. The van der Waals surface area contributed by atoms with E-state index in [1.807, 2.05) is 6.07 Å². The zero-order valence-electron chi connectivity index (χ0n) is 14.7. The molecular formula is C20H19N5S. The summed E-state index contributed by atoms with van der Waals surface area (Å²) in [5.74, 6) is 1.47. The molecule has 3 heterocycles. The van der Waals surface area contributed by atoms with E-state index < -0.39 is 0 Å². The maximum Gasteiger partial charge on any atom is 0.183 e. The van der Waals surface area contributed by atoms with Crippen molar-refractivity contribution >= 4 is 27.4 Å². The Hall–Kier alpha value is -2.86. The van der Waals surface area contributed by atoms with Gasteiger partial charge in [-0.3, -0.25) is 4.98 Å². The van der Waals surface area contributed by atoms with Crippen molar-refractivity contribution in [1.29, 1.82) is 0 Å². The van der Waals surface area contributed by atoms with Crippen molar-refractivity contribution in [2.24, 2.45) is 0 Å². The van der Waals surface area contributed by atoms with E-state index in [4.69, 9.17) is 9.97 Å². The Bertz CT molecular complexity index is 1030. The number of hydrogen-bond acceptors (Lipinski definition) is 6. The van der Waals surface area contributed by atoms with Gasteiger partial charge in [0.05, 0.1) is 11.6 Å². The van der Waals surface area contributed by atoms with E-state index in [-0.39, 0.29) is 0 Å². The molecule has 3 aromatic heterocycles. The molecule has 4 rings (SSSR count). The fourth-order valence-electron chi connectivity index (χ4n) is 2.88. The number of nitrogens with one attached hydrogen (secondary N) is 1. The SMILES string of the molecule is Cc1sc2nc(-c3cnccn3)nc(NCCc3ccccc3)c2c1C. The van der Waals surface area contributed by atoms with Gasteiger partial charge in [0.25, 0.3) is 0 Å². The van der Waals surface area contributed by atoms with E-state index in [0.717, 1.165) is 29.0 Å². The predicted molar refractivity (Wildman–Crippen MR) is 107 cm³/mol. The summed E-state index contributed by atoms with van der Waals surface area (Å²) in [7, 11) is 0. The second-order valence-corrected chi connectivity index (χ2v) is 7.32. The highest BCUT2D eigenvalue weighted by molar-refractivity contribution is 7.18. The highest BCUT2D eigenvalue weighted by Crippen LogP contribution is 2.34. The lowest BCUT2D eigenvalue weighted by Crippen LogP contribution is -2.08. The van der Waals surface area contributed by atoms with Gasteiger partial charge < -0.3 is 5.32 Å². The molecule has 0 aliphatic heterocycles. The van der Waals surface area contributed by atoms with Crippen LogP contribution >= 0.6 is 11.3 Å². The molecule has 0 aliphatic rings. The lowest BCUT2D eigenvalue weighted by molar-refractivity contribution is 1.01. The molecule has 4 aromatic rings. The summed E-state index contributed by atoms with van der Waals surface area (Å²) >= 11 is 1.69. The number of rotatable bonds is 5. The fraction of sp³-hybridized carbons (Fsp3) is 0.200. The molecule has 0 amide bonds. The number of thiophene rings is 1. The van der Waals surface area contributed by atoms with Crippen molar-refractivity contribution in [3.8, 4) is 11.5 Å². The molecule has 5 nitrogen and oxygen atoms in total. The van der Waals surface area contributed by atoms with E-state index in [1.54, 1.807) is 29.9 Å². The van der Waals surface area contributed by atoms with Crippen LogP contribution in [0.25, 0.3) is 21.7 Å². The molecule has 0 unspecified atom stereocenters. The Kier molecular flexibility index (Phi) is 4.58. The number of benzene rings is 1. The van der Waals surface area contributed by atoms with Gasteiger partial charge in [-0.25, -0.2) is 15.0 Å². The van der Waals surface area contributed by atoms with E-state index in [0.29, 0.717) is 11.5 Å². The monoisotopic (exact) mass is 361 g/mol. The average molecular weight is 361 g/mol. The van der Waals surface area contributed by atoms with Crippen LogP contribution in [0.4, 0.5) is 5.82 Å². The Morgan fingerprint density at radius 3 is 2.65 bits per heavy atom. The standard InChI is InChI=1S/C20H19N5S/c1-13-14(2)26-20-17(13)19(23-9-8-15-6-4-3-5-7-15)24-18(25-20)16-12-21-10-11-22-16/h3-7,10-12H,8-9H2,1-2H3,(H,23,24,25). The van der Waals surface area contributed by atoms with E-state index >= 15 is 0 Å². The molecule has 0 saturated heterocycles. The second-order valence-electron chi connectivity index (χ2n) is 6.11. The van der Waals surface area contributed by atoms with Gasteiger partial charge >= 0.3 is 0 Å². The third-order valence-corrected chi connectivity index (χ3v) is 5.47. The Balaban J connectivity index is 1.69. The van der Waals surface area contributed by atoms with Crippen LogP contribution < -0.4 is 5.32 Å². The number of nitrogens with zero attached hydrogens (tertiary/aromatic N) is 4. The van der Waals surface area contributed by atoms with Crippen LogP contribution in [0, 0.1) is 13.8 Å². The Morgan fingerprint density at radius 2 is 1.88 bits per heavy atom. The second kappa shape index (κ2) is 7.17. The number of aromatic nitrogens is 4. The quantitative estimate of drug-likeness (QED) is 0.570. The smallest absolute Gasteiger partial charge is 0.183 e. The average Bonchev–Trinajstić information content (AvgIpc) is 2.97. The van der Waals surface area contributed by atoms with Gasteiger partial charge in [0.1, 0.15) is 16.3 Å². The largest absolute Gasteiger partial charge is 0.369 e. The van der Waals surface area contributed by atoms with Gasteiger partial charge in [-0.2, -0.15) is 0 Å². The summed E-state index contributed by atoms with van der Waals surface area (Å²) in [5.41, 5.74) is 3.22. The molecular weight excluding hydrogens is 342 g/mol. The minimum Gasteiger partial charge on any atom is -0.369 e. The van der Waals surface area contributed by atoms with Crippen molar-refractivity contribution in [3.05, 3.63) is 64.9 Å². The molecule has 0 atom stereocenters. The highest BCUT2D eigenvalue weighted by Gasteiger charge is 2.16. The van der Waals surface area contributed by atoms with Crippen LogP contribution in [0.2, 0.25) is 0 Å². The van der Waals surface area contributed by atoms with Gasteiger partial charge in [-0.05, 0) is 31.4 Å². The van der Waals surface area contributed by atoms with Crippen LogP contribution in [-0.2, 0) is 6.42 Å². The van der Waals surface area contributed by atoms with Gasteiger partial charge in [0.2, 0.25) is 0 Å². The lowest BCUT2D eigenvalue weighted by atomic mass is 10.1. The van der Waals surface area contributed by atoms with Crippen molar-refractivity contribution in [2.75, 3.05) is 11.9 Å². The first kappa shape index (κ1) is 16.6. The van der Waals surface area contributed by atoms with Crippen LogP contribution in [0.5, 0.6) is 0 Å². The molecule has 0 radical (unpaired) electrons. The molecule has 0 aliphatic carbocycles. The molecule has 1 aromatic carbocycles. The van der Waals surface area contributed by atoms with Gasteiger partial charge in [0.15, 0.2) is 5.82 Å². The topological polar surface area (TPSA) is 63.6 Å². The predicted octanol–water partition coefficient (Wildman–Crippen LogP) is 4.42. The summed E-state index contributed by atoms with van der Waals surface area (Å²) < 4.78 is 0. The zero-order valence-corrected chi connectivity index (χ0v) is 15.5. The summed E-state index contributed by atoms with van der Waals surface area (Å²) in [5, 5.41) is 4.61. The van der Waals surface area contributed by atoms with Crippen molar-refractivity contribution in [2.45, 2.75) is 20.3 Å². The number of fused-ring (bicyclic) bond motifs is 1. The minimum absolute atomic E-state index is 0.606. The number of hydrogen-bond donors (Lipinski definition) is 1. The number of aryl methyl sites for hydroxylation is 2. The first-order valence-corrected chi connectivity index (χ1v) is 9.36. The third-order valence-electron chi connectivity index (χ3n) is 4.37. The molecule has 130 valence electrons. The van der Waals surface area contributed by atoms with Crippen LogP contribution in [0.15, 0.2) is 48.9 Å². The summed E-state index contributed by atoms with van der Waals surface area (Å²) in [4.78, 5) is 20.2. The molecule has 0 fully saturated rings. The molecule has 26 heavy (non-hydrogen) atoms. The highest BCUT2D eigenvalue weighted by atomic mass is 32.1. The fourth-order valence-corrected chi connectivity index (χ4v) is 3.91. The molecule has 0 spiro atoms. The first-order valence-electron chi connectivity index (χ1n) is 8.54. The van der Waals surface area contributed by atoms with Gasteiger partial charge in [-0.15, -0.1) is 11.3 Å². The summed E-state index contributed by atoms with van der Waals surface area (Å²) in [6.07, 6.45) is 5.95. The van der Waals surface area contributed by atoms with E-state index in [9.17, 15) is 0 Å². The molecule has 0 bridgehead atoms. The van der Waals surface area contributed by atoms with Gasteiger partial charge in [-0.1, -0.05) is 30.3 Å². The first-order chi connectivity index (χ1) is 12.7.